The number of rotatable bonds is 8. The van der Waals surface area contributed by atoms with Crippen LogP contribution in [-0.2, 0) is 9.53 Å². The van der Waals surface area contributed by atoms with Crippen LogP contribution in [0.4, 0.5) is 0 Å². The van der Waals surface area contributed by atoms with E-state index in [0.717, 1.165) is 52.0 Å². The molecular formula is C24H33N3O4S. The highest BCUT2D eigenvalue weighted by molar-refractivity contribution is 7.98. The third-order valence-electron chi connectivity index (χ3n) is 7.09. The van der Waals surface area contributed by atoms with E-state index in [2.05, 4.69) is 10.2 Å². The van der Waals surface area contributed by atoms with Gasteiger partial charge in [0.15, 0.2) is 0 Å². The Morgan fingerprint density at radius 2 is 1.72 bits per heavy atom. The van der Waals surface area contributed by atoms with Crippen LogP contribution >= 0.6 is 11.8 Å². The van der Waals surface area contributed by atoms with E-state index in [1.165, 1.54) is 11.3 Å². The molecule has 32 heavy (non-hydrogen) atoms. The van der Waals surface area contributed by atoms with Crippen LogP contribution in [0.1, 0.15) is 59.2 Å². The van der Waals surface area contributed by atoms with Crippen molar-refractivity contribution in [2.75, 3.05) is 44.9 Å². The minimum absolute atomic E-state index is 0.0657. The van der Waals surface area contributed by atoms with Gasteiger partial charge in [-0.1, -0.05) is 31.4 Å². The predicted octanol–water partition coefficient (Wildman–Crippen LogP) is 2.56. The number of benzene rings is 1. The molecule has 0 aromatic heterocycles. The first-order valence-corrected chi connectivity index (χ1v) is 13.0. The van der Waals surface area contributed by atoms with E-state index in [9.17, 15) is 14.4 Å². The summed E-state index contributed by atoms with van der Waals surface area (Å²) in [5.74, 6) is -0.272. The maximum Gasteiger partial charge on any atom is 0.262 e. The average molecular weight is 460 g/mol. The third-order valence-corrected chi connectivity index (χ3v) is 7.74. The van der Waals surface area contributed by atoms with Crippen LogP contribution in [0.5, 0.6) is 0 Å². The highest BCUT2D eigenvalue weighted by Gasteiger charge is 2.44. The number of amides is 3. The van der Waals surface area contributed by atoms with Crippen LogP contribution in [0.25, 0.3) is 0 Å². The number of hydrogen-bond acceptors (Lipinski definition) is 6. The summed E-state index contributed by atoms with van der Waals surface area (Å²) in [6.07, 6.45) is 8.05. The summed E-state index contributed by atoms with van der Waals surface area (Å²) in [5, 5.41) is 3.17. The molecule has 2 fully saturated rings. The molecule has 1 saturated carbocycles. The maximum atomic E-state index is 13.4. The summed E-state index contributed by atoms with van der Waals surface area (Å²) in [6.45, 7) is 3.75. The van der Waals surface area contributed by atoms with E-state index < -0.39 is 6.04 Å². The molecule has 174 valence electrons. The number of ether oxygens (including phenoxy) is 1. The molecule has 0 unspecified atom stereocenters. The van der Waals surface area contributed by atoms with E-state index in [1.54, 1.807) is 36.0 Å². The molecule has 3 amide bonds. The van der Waals surface area contributed by atoms with Gasteiger partial charge in [0, 0.05) is 25.2 Å². The van der Waals surface area contributed by atoms with E-state index in [0.29, 0.717) is 29.8 Å². The van der Waals surface area contributed by atoms with Crippen molar-refractivity contribution in [1.82, 2.24) is 15.1 Å². The smallest absolute Gasteiger partial charge is 0.262 e. The van der Waals surface area contributed by atoms with Gasteiger partial charge in [0.25, 0.3) is 11.8 Å². The molecule has 1 aromatic rings. The molecule has 0 spiro atoms. The Morgan fingerprint density at radius 1 is 1.09 bits per heavy atom. The van der Waals surface area contributed by atoms with Crippen LogP contribution < -0.4 is 5.32 Å². The van der Waals surface area contributed by atoms with Crippen molar-refractivity contribution in [1.29, 1.82) is 0 Å². The van der Waals surface area contributed by atoms with Crippen LogP contribution in [-0.4, -0.2) is 84.0 Å². The first-order valence-electron chi connectivity index (χ1n) is 11.6. The molecule has 3 aliphatic rings. The van der Waals surface area contributed by atoms with Gasteiger partial charge < -0.3 is 10.1 Å². The summed E-state index contributed by atoms with van der Waals surface area (Å²) in [7, 11) is 0. The largest absolute Gasteiger partial charge is 0.379 e. The number of morpholine rings is 1. The molecule has 1 atom stereocenters. The lowest BCUT2D eigenvalue weighted by Gasteiger charge is -2.48. The first kappa shape index (κ1) is 23.3. The van der Waals surface area contributed by atoms with Crippen LogP contribution in [0, 0.1) is 0 Å². The van der Waals surface area contributed by atoms with Crippen molar-refractivity contribution in [3.63, 3.8) is 0 Å². The number of nitrogens with one attached hydrogen (secondary N) is 1. The number of thioether (sulfide) groups is 1. The lowest BCUT2D eigenvalue weighted by atomic mass is 9.79. The molecule has 0 radical (unpaired) electrons. The quantitative estimate of drug-likeness (QED) is 0.602. The number of carbonyl (C=O) groups is 3. The lowest BCUT2D eigenvalue weighted by molar-refractivity contribution is -0.126. The second kappa shape index (κ2) is 10.4. The Kier molecular flexibility index (Phi) is 7.53. The van der Waals surface area contributed by atoms with Crippen molar-refractivity contribution < 1.29 is 19.1 Å². The molecule has 1 aliphatic carbocycles. The Bertz CT molecular complexity index is 814. The SMILES string of the molecule is CSCC[C@@H](C(=O)NCC1(N2CCOCC2)CCCCC1)N1C(=O)c2ccccc2C1=O. The van der Waals surface area contributed by atoms with E-state index in [4.69, 9.17) is 4.74 Å². The summed E-state index contributed by atoms with van der Waals surface area (Å²) in [5.41, 5.74) is 0.706. The van der Waals surface area contributed by atoms with Gasteiger partial charge in [-0.15, -0.1) is 0 Å². The minimum atomic E-state index is -0.792. The molecule has 2 heterocycles. The fourth-order valence-electron chi connectivity index (χ4n) is 5.32. The highest BCUT2D eigenvalue weighted by Crippen LogP contribution is 2.34. The lowest BCUT2D eigenvalue weighted by Crippen LogP contribution is -2.61. The number of nitrogens with zero attached hydrogens (tertiary/aromatic N) is 2. The van der Waals surface area contributed by atoms with Crippen molar-refractivity contribution in [3.8, 4) is 0 Å². The molecule has 1 aromatic carbocycles. The molecular weight excluding hydrogens is 426 g/mol. The van der Waals surface area contributed by atoms with Crippen molar-refractivity contribution in [3.05, 3.63) is 35.4 Å². The summed E-state index contributed by atoms with van der Waals surface area (Å²) in [4.78, 5) is 43.2. The first-order chi connectivity index (χ1) is 15.6. The maximum absolute atomic E-state index is 13.4. The van der Waals surface area contributed by atoms with Crippen molar-refractivity contribution in [2.24, 2.45) is 0 Å². The minimum Gasteiger partial charge on any atom is -0.379 e. The van der Waals surface area contributed by atoms with Gasteiger partial charge in [-0.05, 0) is 43.4 Å². The van der Waals surface area contributed by atoms with E-state index in [1.807, 2.05) is 6.26 Å². The van der Waals surface area contributed by atoms with Gasteiger partial charge in [-0.25, -0.2) is 0 Å². The fourth-order valence-corrected chi connectivity index (χ4v) is 5.78. The second-order valence-electron chi connectivity index (χ2n) is 8.93. The zero-order valence-corrected chi connectivity index (χ0v) is 19.6. The second-order valence-corrected chi connectivity index (χ2v) is 9.91. The molecule has 7 nitrogen and oxygen atoms in total. The predicted molar refractivity (Wildman–Crippen MR) is 125 cm³/mol. The molecule has 8 heteroatoms. The monoisotopic (exact) mass is 459 g/mol. The van der Waals surface area contributed by atoms with Gasteiger partial charge in [-0.2, -0.15) is 11.8 Å². The Labute approximate surface area is 194 Å². The summed E-state index contributed by atoms with van der Waals surface area (Å²) in [6, 6.07) is 6.03. The van der Waals surface area contributed by atoms with Gasteiger partial charge >= 0.3 is 0 Å². The van der Waals surface area contributed by atoms with Crippen molar-refractivity contribution >= 4 is 29.5 Å². The Morgan fingerprint density at radius 3 is 2.31 bits per heavy atom. The van der Waals surface area contributed by atoms with Crippen LogP contribution in [0.3, 0.4) is 0 Å². The van der Waals surface area contributed by atoms with Crippen molar-refractivity contribution in [2.45, 2.75) is 50.1 Å². The fraction of sp³-hybridized carbons (Fsp3) is 0.625. The number of hydrogen-bond donors (Lipinski definition) is 1. The average Bonchev–Trinajstić information content (AvgIpc) is 3.09. The molecule has 1 saturated heterocycles. The van der Waals surface area contributed by atoms with Gasteiger partial charge in [0.05, 0.1) is 24.3 Å². The zero-order chi connectivity index (χ0) is 22.6. The van der Waals surface area contributed by atoms with Gasteiger partial charge in [0.2, 0.25) is 5.91 Å². The van der Waals surface area contributed by atoms with E-state index >= 15 is 0 Å². The van der Waals surface area contributed by atoms with Gasteiger partial charge in [-0.3, -0.25) is 24.2 Å². The highest BCUT2D eigenvalue weighted by atomic mass is 32.2. The number of imide groups is 1. The Balaban J connectivity index is 1.51. The number of carbonyl (C=O) groups excluding carboxylic acids is 3. The molecule has 0 bridgehead atoms. The third kappa shape index (κ3) is 4.58. The van der Waals surface area contributed by atoms with Crippen LogP contribution in [0.2, 0.25) is 0 Å². The standard InChI is InChI=1S/C24H33N3O4S/c1-32-16-9-20(27-22(29)18-7-3-4-8-19(18)23(27)30)21(28)25-17-24(10-5-2-6-11-24)26-12-14-31-15-13-26/h3-4,7-8,20H,2,5-6,9-17H2,1H3,(H,25,28)/t20-/m0/s1. The van der Waals surface area contributed by atoms with E-state index in [-0.39, 0.29) is 23.3 Å². The number of fused-ring (bicyclic) bond motifs is 1. The summed E-state index contributed by atoms with van der Waals surface area (Å²) >= 11 is 1.61. The van der Waals surface area contributed by atoms with Gasteiger partial charge in [0.1, 0.15) is 6.04 Å². The molecule has 2 aliphatic heterocycles. The Hall–Kier alpha value is -1.90. The summed E-state index contributed by atoms with van der Waals surface area (Å²) < 4.78 is 5.55. The zero-order valence-electron chi connectivity index (χ0n) is 18.8. The molecule has 1 N–H and O–H groups in total. The molecule has 4 rings (SSSR count). The van der Waals surface area contributed by atoms with Crippen LogP contribution in [0.15, 0.2) is 24.3 Å². The normalized spacial score (nSPS) is 22.0. The topological polar surface area (TPSA) is 79.0 Å².